The number of hydrogen-bond acceptors (Lipinski definition) is 2. The Morgan fingerprint density at radius 3 is 2.78 bits per heavy atom. The lowest BCUT2D eigenvalue weighted by molar-refractivity contribution is 0.102. The molecule has 0 atom stereocenters. The van der Waals surface area contributed by atoms with Gasteiger partial charge < -0.3 is 5.32 Å². The summed E-state index contributed by atoms with van der Waals surface area (Å²) in [6.07, 6.45) is 0. The Kier molecular flexibility index (Phi) is 4.10. The van der Waals surface area contributed by atoms with Gasteiger partial charge in [0.05, 0.1) is 0 Å². The molecule has 0 fully saturated rings. The molecule has 0 aliphatic heterocycles. The number of aromatic nitrogens is 1. The predicted molar refractivity (Wildman–Crippen MR) is 76.0 cm³/mol. The summed E-state index contributed by atoms with van der Waals surface area (Å²) in [5.41, 5.74) is 3.15. The Balaban J connectivity index is 2.16. The van der Waals surface area contributed by atoms with Crippen LogP contribution in [-0.2, 0) is 5.33 Å². The van der Waals surface area contributed by atoms with Crippen molar-refractivity contribution in [2.75, 3.05) is 5.32 Å². The average Bonchev–Trinajstić information content (AvgIpc) is 2.39. The summed E-state index contributed by atoms with van der Waals surface area (Å²) in [4.78, 5) is 16.2. The topological polar surface area (TPSA) is 42.0 Å². The Morgan fingerprint density at radius 1 is 1.28 bits per heavy atom. The van der Waals surface area contributed by atoms with E-state index in [2.05, 4.69) is 26.2 Å². The van der Waals surface area contributed by atoms with Crippen LogP contribution in [0.1, 0.15) is 21.7 Å². The molecule has 1 aromatic heterocycles. The van der Waals surface area contributed by atoms with Crippen molar-refractivity contribution in [1.29, 1.82) is 0 Å². The number of pyridine rings is 1. The summed E-state index contributed by atoms with van der Waals surface area (Å²) in [7, 11) is 0. The van der Waals surface area contributed by atoms with Gasteiger partial charge in [0.25, 0.3) is 5.91 Å². The monoisotopic (exact) mass is 304 g/mol. The summed E-state index contributed by atoms with van der Waals surface area (Å²) < 4.78 is 0. The largest absolute Gasteiger partial charge is 0.321 e. The van der Waals surface area contributed by atoms with Gasteiger partial charge in [-0.15, -0.1) is 0 Å². The normalized spacial score (nSPS) is 10.1. The van der Waals surface area contributed by atoms with Crippen LogP contribution in [0.2, 0.25) is 0 Å². The number of amides is 1. The highest BCUT2D eigenvalue weighted by Gasteiger charge is 2.07. The molecular weight excluding hydrogens is 292 g/mol. The number of rotatable bonds is 3. The predicted octanol–water partition coefficient (Wildman–Crippen LogP) is 3.54. The van der Waals surface area contributed by atoms with Gasteiger partial charge in [-0.1, -0.05) is 34.1 Å². The van der Waals surface area contributed by atoms with Gasteiger partial charge in [-0.2, -0.15) is 0 Å². The maximum atomic E-state index is 12.0. The van der Waals surface area contributed by atoms with E-state index in [0.717, 1.165) is 22.3 Å². The molecule has 2 rings (SSSR count). The summed E-state index contributed by atoms with van der Waals surface area (Å²) in [6.45, 7) is 1.86. The number of carbonyl (C=O) groups excluding carboxylic acids is 1. The lowest BCUT2D eigenvalue weighted by Gasteiger charge is -2.06. The van der Waals surface area contributed by atoms with Gasteiger partial charge in [0.2, 0.25) is 0 Å². The molecule has 0 bridgehead atoms. The molecule has 2 aromatic rings. The zero-order valence-electron chi connectivity index (χ0n) is 9.98. The molecule has 0 aliphatic rings. The number of nitrogens with one attached hydrogen (secondary N) is 1. The van der Waals surface area contributed by atoms with E-state index in [0.29, 0.717) is 5.69 Å². The third kappa shape index (κ3) is 3.17. The number of hydrogen-bond donors (Lipinski definition) is 1. The van der Waals surface area contributed by atoms with E-state index in [4.69, 9.17) is 0 Å². The van der Waals surface area contributed by atoms with Gasteiger partial charge in [0.15, 0.2) is 0 Å². The van der Waals surface area contributed by atoms with Crippen molar-refractivity contribution in [3.63, 3.8) is 0 Å². The molecule has 92 valence electrons. The van der Waals surface area contributed by atoms with E-state index < -0.39 is 0 Å². The van der Waals surface area contributed by atoms with Crippen LogP contribution in [0.15, 0.2) is 42.5 Å². The molecule has 0 aliphatic carbocycles. The van der Waals surface area contributed by atoms with Crippen LogP contribution in [-0.4, -0.2) is 10.9 Å². The maximum Gasteiger partial charge on any atom is 0.274 e. The van der Waals surface area contributed by atoms with E-state index in [1.54, 1.807) is 6.07 Å². The SMILES string of the molecule is Cc1cccc(C(=O)Nc2cccc(CBr)c2)n1. The zero-order valence-corrected chi connectivity index (χ0v) is 11.6. The highest BCUT2D eigenvalue weighted by Crippen LogP contribution is 2.14. The molecule has 0 unspecified atom stereocenters. The van der Waals surface area contributed by atoms with Gasteiger partial charge in [0, 0.05) is 16.7 Å². The van der Waals surface area contributed by atoms with E-state index in [1.807, 2.05) is 43.3 Å². The fraction of sp³-hybridized carbons (Fsp3) is 0.143. The molecule has 3 nitrogen and oxygen atoms in total. The molecule has 1 N–H and O–H groups in total. The fourth-order valence-corrected chi connectivity index (χ4v) is 1.95. The Hall–Kier alpha value is -1.68. The maximum absolute atomic E-state index is 12.0. The smallest absolute Gasteiger partial charge is 0.274 e. The van der Waals surface area contributed by atoms with Crippen LogP contribution < -0.4 is 5.32 Å². The van der Waals surface area contributed by atoms with E-state index in [1.165, 1.54) is 0 Å². The van der Waals surface area contributed by atoms with Crippen molar-refractivity contribution in [1.82, 2.24) is 4.98 Å². The lowest BCUT2D eigenvalue weighted by atomic mass is 10.2. The van der Waals surface area contributed by atoms with Gasteiger partial charge in [-0.3, -0.25) is 4.79 Å². The highest BCUT2D eigenvalue weighted by molar-refractivity contribution is 9.08. The number of anilines is 1. The molecule has 1 heterocycles. The molecule has 0 spiro atoms. The molecular formula is C14H13BrN2O. The summed E-state index contributed by atoms with van der Waals surface area (Å²) in [5.74, 6) is -0.189. The van der Waals surface area contributed by atoms with Crippen molar-refractivity contribution in [2.45, 2.75) is 12.3 Å². The summed E-state index contributed by atoms with van der Waals surface area (Å²) >= 11 is 3.39. The number of aryl methyl sites for hydroxylation is 1. The second-order valence-corrected chi connectivity index (χ2v) is 4.51. The number of nitrogens with zero attached hydrogens (tertiary/aromatic N) is 1. The van der Waals surface area contributed by atoms with Crippen LogP contribution in [0.5, 0.6) is 0 Å². The van der Waals surface area contributed by atoms with E-state index >= 15 is 0 Å². The quantitative estimate of drug-likeness (QED) is 0.881. The molecule has 18 heavy (non-hydrogen) atoms. The Bertz CT molecular complexity index is 569. The van der Waals surface area contributed by atoms with Gasteiger partial charge >= 0.3 is 0 Å². The average molecular weight is 305 g/mol. The summed E-state index contributed by atoms with van der Waals surface area (Å²) in [5, 5.41) is 3.60. The van der Waals surface area contributed by atoms with Crippen LogP contribution in [0.3, 0.4) is 0 Å². The molecule has 0 saturated carbocycles. The minimum absolute atomic E-state index is 0.189. The first-order chi connectivity index (χ1) is 8.69. The molecule has 4 heteroatoms. The first-order valence-corrected chi connectivity index (χ1v) is 6.71. The van der Waals surface area contributed by atoms with Gasteiger partial charge in [0.1, 0.15) is 5.69 Å². The van der Waals surface area contributed by atoms with Gasteiger partial charge in [-0.05, 0) is 36.8 Å². The third-order valence-corrected chi connectivity index (χ3v) is 3.11. The zero-order chi connectivity index (χ0) is 13.0. The number of alkyl halides is 1. The van der Waals surface area contributed by atoms with Crippen molar-refractivity contribution in [2.24, 2.45) is 0 Å². The molecule has 1 aromatic carbocycles. The number of carbonyl (C=O) groups is 1. The Labute approximate surface area is 114 Å². The fourth-order valence-electron chi connectivity index (χ4n) is 1.60. The lowest BCUT2D eigenvalue weighted by Crippen LogP contribution is -2.14. The number of benzene rings is 1. The van der Waals surface area contributed by atoms with Crippen molar-refractivity contribution < 1.29 is 4.79 Å². The second-order valence-electron chi connectivity index (χ2n) is 3.95. The van der Waals surface area contributed by atoms with Crippen molar-refractivity contribution in [3.8, 4) is 0 Å². The van der Waals surface area contributed by atoms with E-state index in [9.17, 15) is 4.79 Å². The molecule has 1 amide bonds. The van der Waals surface area contributed by atoms with Crippen LogP contribution in [0.25, 0.3) is 0 Å². The number of halogens is 1. The minimum Gasteiger partial charge on any atom is -0.321 e. The highest BCUT2D eigenvalue weighted by atomic mass is 79.9. The summed E-state index contributed by atoms with van der Waals surface area (Å²) in [6, 6.07) is 13.1. The van der Waals surface area contributed by atoms with Crippen molar-refractivity contribution >= 4 is 27.5 Å². The standard InChI is InChI=1S/C14H13BrN2O/c1-10-4-2-7-13(16-10)14(18)17-12-6-3-5-11(8-12)9-15/h2-8H,9H2,1H3,(H,17,18). The first kappa shape index (κ1) is 12.8. The van der Waals surface area contributed by atoms with Crippen LogP contribution in [0, 0.1) is 6.92 Å². The molecule has 0 saturated heterocycles. The van der Waals surface area contributed by atoms with Crippen LogP contribution in [0.4, 0.5) is 5.69 Å². The van der Waals surface area contributed by atoms with Gasteiger partial charge in [-0.25, -0.2) is 4.98 Å². The van der Waals surface area contributed by atoms with Crippen molar-refractivity contribution in [3.05, 3.63) is 59.4 Å². The molecule has 0 radical (unpaired) electrons. The second kappa shape index (κ2) is 5.78. The van der Waals surface area contributed by atoms with Crippen LogP contribution >= 0.6 is 15.9 Å². The van der Waals surface area contributed by atoms with E-state index in [-0.39, 0.29) is 5.91 Å². The minimum atomic E-state index is -0.189. The Morgan fingerprint density at radius 2 is 2.06 bits per heavy atom. The third-order valence-electron chi connectivity index (χ3n) is 2.46. The first-order valence-electron chi connectivity index (χ1n) is 5.59.